The number of anilines is 1. The average Bonchev–Trinajstić information content (AvgIpc) is 3.25. The Hall–Kier alpha value is -1.86. The van der Waals surface area contributed by atoms with Gasteiger partial charge in [0.1, 0.15) is 0 Å². The third-order valence-electron chi connectivity index (χ3n) is 4.04. The molecule has 6 nitrogen and oxygen atoms in total. The third kappa shape index (κ3) is 3.92. The summed E-state index contributed by atoms with van der Waals surface area (Å²) in [4.78, 5) is 17.8. The Kier molecular flexibility index (Phi) is 4.97. The lowest BCUT2D eigenvalue weighted by atomic mass is 10.2. The number of carbonyl (C=O) groups is 1. The first-order valence-electron chi connectivity index (χ1n) is 7.92. The van der Waals surface area contributed by atoms with Crippen LogP contribution >= 0.6 is 11.3 Å². The number of hydrogen-bond donors (Lipinski definition) is 1. The van der Waals surface area contributed by atoms with E-state index >= 15 is 0 Å². The van der Waals surface area contributed by atoms with Crippen LogP contribution in [0, 0.1) is 0 Å². The van der Waals surface area contributed by atoms with Crippen LogP contribution in [-0.4, -0.2) is 52.8 Å². The van der Waals surface area contributed by atoms with Gasteiger partial charge in [-0.25, -0.2) is 4.79 Å². The maximum Gasteiger partial charge on any atom is 0.323 e. The number of nitrogens with zero attached hydrogens (tertiary/aromatic N) is 4. The second-order valence-electron chi connectivity index (χ2n) is 6.06. The minimum Gasteiger partial charge on any atom is -0.317 e. The average molecular weight is 333 g/mol. The summed E-state index contributed by atoms with van der Waals surface area (Å²) < 4.78 is 1.86. The van der Waals surface area contributed by atoms with E-state index in [0.29, 0.717) is 5.82 Å². The van der Waals surface area contributed by atoms with Crippen molar-refractivity contribution < 1.29 is 4.79 Å². The summed E-state index contributed by atoms with van der Waals surface area (Å²) in [7, 11) is 4.06. The lowest BCUT2D eigenvalue weighted by Gasteiger charge is -2.23. The topological polar surface area (TPSA) is 53.4 Å². The molecule has 1 atom stereocenters. The van der Waals surface area contributed by atoms with E-state index in [9.17, 15) is 4.79 Å². The zero-order valence-corrected chi connectivity index (χ0v) is 14.4. The molecule has 1 aliphatic heterocycles. The predicted molar refractivity (Wildman–Crippen MR) is 92.8 cm³/mol. The molecule has 0 aromatic carbocycles. The number of thiophene rings is 1. The summed E-state index contributed by atoms with van der Waals surface area (Å²) in [6.07, 6.45) is 3.98. The van der Waals surface area contributed by atoms with E-state index < -0.39 is 0 Å². The number of aromatic nitrogens is 2. The van der Waals surface area contributed by atoms with Gasteiger partial charge >= 0.3 is 6.03 Å². The predicted octanol–water partition coefficient (Wildman–Crippen LogP) is 2.88. The molecule has 3 heterocycles. The van der Waals surface area contributed by atoms with Crippen LogP contribution < -0.4 is 5.32 Å². The van der Waals surface area contributed by atoms with Gasteiger partial charge in [-0.05, 0) is 38.4 Å². The third-order valence-corrected chi connectivity index (χ3v) is 5.01. The van der Waals surface area contributed by atoms with Gasteiger partial charge in [-0.3, -0.25) is 10.00 Å². The molecular weight excluding hydrogens is 310 g/mol. The Morgan fingerprint density at radius 3 is 3.09 bits per heavy atom. The molecule has 3 rings (SSSR count). The molecule has 0 bridgehead atoms. The molecule has 0 radical (unpaired) electrons. The van der Waals surface area contributed by atoms with Crippen molar-refractivity contribution in [3.8, 4) is 0 Å². The smallest absolute Gasteiger partial charge is 0.317 e. The number of likely N-dealkylation sites (N-methyl/N-ethyl adjacent to an activating group) is 1. The van der Waals surface area contributed by atoms with Crippen LogP contribution in [0.3, 0.4) is 0 Å². The molecule has 0 unspecified atom stereocenters. The van der Waals surface area contributed by atoms with Crippen molar-refractivity contribution in [3.63, 3.8) is 0 Å². The van der Waals surface area contributed by atoms with Crippen LogP contribution in [-0.2, 0) is 6.54 Å². The standard InChI is InChI=1S/C16H23N5OS/c1-19(2)10-11-20-9-7-15(18-20)17-16(22)21-8-3-5-13(21)14-6-4-12-23-14/h4,6-7,9,12-13H,3,5,8,10-11H2,1-2H3,(H,17,18,22)/t13-/m0/s1. The molecule has 2 aromatic heterocycles. The Balaban J connectivity index is 1.60. The maximum absolute atomic E-state index is 12.6. The SMILES string of the molecule is CN(C)CCn1ccc(NC(=O)N2CCC[C@H]2c2cccs2)n1. The molecule has 1 aliphatic rings. The fraction of sp³-hybridized carbons (Fsp3) is 0.500. The lowest BCUT2D eigenvalue weighted by Crippen LogP contribution is -2.34. The van der Waals surface area contributed by atoms with E-state index in [1.54, 1.807) is 11.3 Å². The first-order valence-corrected chi connectivity index (χ1v) is 8.80. The Labute approximate surface area is 140 Å². The van der Waals surface area contributed by atoms with Gasteiger partial charge in [0.2, 0.25) is 0 Å². The fourth-order valence-electron chi connectivity index (χ4n) is 2.82. The van der Waals surface area contributed by atoms with E-state index in [1.807, 2.05) is 42.0 Å². The van der Waals surface area contributed by atoms with Crippen molar-refractivity contribution >= 4 is 23.2 Å². The van der Waals surface area contributed by atoms with Crippen LogP contribution in [0.5, 0.6) is 0 Å². The zero-order chi connectivity index (χ0) is 16.2. The van der Waals surface area contributed by atoms with E-state index in [0.717, 1.165) is 32.5 Å². The van der Waals surface area contributed by atoms with Crippen LogP contribution in [0.15, 0.2) is 29.8 Å². The van der Waals surface area contributed by atoms with Crippen LogP contribution in [0.2, 0.25) is 0 Å². The van der Waals surface area contributed by atoms with Crippen molar-refractivity contribution in [1.29, 1.82) is 0 Å². The largest absolute Gasteiger partial charge is 0.323 e. The second kappa shape index (κ2) is 7.14. The van der Waals surface area contributed by atoms with E-state index in [1.165, 1.54) is 4.88 Å². The first kappa shape index (κ1) is 16.0. The molecule has 0 saturated carbocycles. The van der Waals surface area contributed by atoms with Gasteiger partial charge in [0, 0.05) is 30.2 Å². The number of rotatable bonds is 5. The zero-order valence-electron chi connectivity index (χ0n) is 13.6. The highest BCUT2D eigenvalue weighted by atomic mass is 32.1. The summed E-state index contributed by atoms with van der Waals surface area (Å²) in [5, 5.41) is 9.41. The molecule has 124 valence electrons. The normalized spacial score (nSPS) is 17.9. The van der Waals surface area contributed by atoms with Gasteiger partial charge in [0.05, 0.1) is 12.6 Å². The highest BCUT2D eigenvalue weighted by Crippen LogP contribution is 2.34. The number of likely N-dealkylation sites (tertiary alicyclic amines) is 1. The number of urea groups is 1. The summed E-state index contributed by atoms with van der Waals surface area (Å²) >= 11 is 1.71. The van der Waals surface area contributed by atoms with Crippen molar-refractivity contribution in [2.45, 2.75) is 25.4 Å². The maximum atomic E-state index is 12.6. The quantitative estimate of drug-likeness (QED) is 0.915. The van der Waals surface area contributed by atoms with E-state index in [2.05, 4.69) is 26.8 Å². The van der Waals surface area contributed by atoms with Gasteiger partial charge in [-0.1, -0.05) is 6.07 Å². The molecule has 1 N–H and O–H groups in total. The van der Waals surface area contributed by atoms with Gasteiger partial charge < -0.3 is 9.80 Å². The summed E-state index contributed by atoms with van der Waals surface area (Å²) in [6, 6.07) is 6.14. The Morgan fingerprint density at radius 1 is 1.48 bits per heavy atom. The van der Waals surface area contributed by atoms with Gasteiger partial charge in [-0.15, -0.1) is 11.3 Å². The summed E-state index contributed by atoms with van der Waals surface area (Å²) in [5.74, 6) is 0.616. The number of hydrogen-bond acceptors (Lipinski definition) is 4. The van der Waals surface area contributed by atoms with E-state index in [-0.39, 0.29) is 12.1 Å². The number of carbonyl (C=O) groups excluding carboxylic acids is 1. The monoisotopic (exact) mass is 333 g/mol. The minimum absolute atomic E-state index is 0.0567. The molecule has 7 heteroatoms. The van der Waals surface area contributed by atoms with Crippen LogP contribution in [0.25, 0.3) is 0 Å². The van der Waals surface area contributed by atoms with Gasteiger partial charge in [0.25, 0.3) is 0 Å². The highest BCUT2D eigenvalue weighted by Gasteiger charge is 2.30. The van der Waals surface area contributed by atoms with Crippen molar-refractivity contribution in [1.82, 2.24) is 19.6 Å². The fourth-order valence-corrected chi connectivity index (χ4v) is 3.70. The minimum atomic E-state index is -0.0567. The van der Waals surface area contributed by atoms with Gasteiger partial charge in [0.15, 0.2) is 5.82 Å². The van der Waals surface area contributed by atoms with Crippen molar-refractivity contribution in [2.24, 2.45) is 0 Å². The van der Waals surface area contributed by atoms with E-state index in [4.69, 9.17) is 0 Å². The molecule has 23 heavy (non-hydrogen) atoms. The van der Waals surface area contributed by atoms with Crippen molar-refractivity contribution in [2.75, 3.05) is 32.5 Å². The number of nitrogens with one attached hydrogen (secondary N) is 1. The summed E-state index contributed by atoms with van der Waals surface area (Å²) in [6.45, 7) is 2.53. The molecule has 0 aliphatic carbocycles. The molecule has 1 saturated heterocycles. The molecular formula is C16H23N5OS. The number of amides is 2. The highest BCUT2D eigenvalue weighted by molar-refractivity contribution is 7.10. The second-order valence-corrected chi connectivity index (χ2v) is 7.04. The van der Waals surface area contributed by atoms with Crippen LogP contribution in [0.4, 0.5) is 10.6 Å². The molecule has 2 aromatic rings. The molecule has 2 amide bonds. The first-order chi connectivity index (χ1) is 11.1. The Morgan fingerprint density at radius 2 is 2.35 bits per heavy atom. The van der Waals surface area contributed by atoms with Gasteiger partial charge in [-0.2, -0.15) is 5.10 Å². The summed E-state index contributed by atoms with van der Waals surface area (Å²) in [5.41, 5.74) is 0. The lowest BCUT2D eigenvalue weighted by molar-refractivity contribution is 0.207. The van der Waals surface area contributed by atoms with Crippen LogP contribution in [0.1, 0.15) is 23.8 Å². The molecule has 1 fully saturated rings. The molecule has 0 spiro atoms. The Bertz CT molecular complexity index is 637. The van der Waals surface area contributed by atoms with Crippen molar-refractivity contribution in [3.05, 3.63) is 34.7 Å².